The van der Waals surface area contributed by atoms with Gasteiger partial charge in [0.1, 0.15) is 5.75 Å². The molecule has 3 nitrogen and oxygen atoms in total. The normalized spacial score (nSPS) is 25.5. The highest BCUT2D eigenvalue weighted by Crippen LogP contribution is 2.42. The standard InChI is InChI=1S/C15H21NO2/c1-17-14-5-3-12(4-6-14)16-13-7-10-18-15(11-13)8-2-9-15/h3-6,13,16H,2,7-11H2,1H3. The second kappa shape index (κ2) is 4.81. The van der Waals surface area contributed by atoms with E-state index in [2.05, 4.69) is 17.4 Å². The molecule has 1 saturated heterocycles. The van der Waals surface area contributed by atoms with Gasteiger partial charge in [0.25, 0.3) is 0 Å². The highest BCUT2D eigenvalue weighted by Gasteiger charge is 2.42. The molecule has 0 amide bonds. The van der Waals surface area contributed by atoms with Crippen LogP contribution in [-0.2, 0) is 4.74 Å². The van der Waals surface area contributed by atoms with Crippen LogP contribution in [0.3, 0.4) is 0 Å². The Balaban J connectivity index is 1.61. The van der Waals surface area contributed by atoms with E-state index in [-0.39, 0.29) is 5.60 Å². The van der Waals surface area contributed by atoms with Gasteiger partial charge < -0.3 is 14.8 Å². The predicted octanol–water partition coefficient (Wildman–Crippen LogP) is 3.21. The van der Waals surface area contributed by atoms with Gasteiger partial charge in [-0.05, 0) is 56.4 Å². The number of rotatable bonds is 3. The molecule has 1 saturated carbocycles. The van der Waals surface area contributed by atoms with Crippen LogP contribution in [0.4, 0.5) is 5.69 Å². The zero-order chi connectivity index (χ0) is 12.4. The molecule has 98 valence electrons. The number of ether oxygens (including phenoxy) is 2. The Labute approximate surface area is 108 Å². The van der Waals surface area contributed by atoms with Crippen molar-refractivity contribution in [2.24, 2.45) is 0 Å². The fourth-order valence-corrected chi connectivity index (χ4v) is 2.99. The fourth-order valence-electron chi connectivity index (χ4n) is 2.99. The van der Waals surface area contributed by atoms with Gasteiger partial charge in [0.2, 0.25) is 0 Å². The van der Waals surface area contributed by atoms with Gasteiger partial charge in [0.15, 0.2) is 0 Å². The number of anilines is 1. The van der Waals surface area contributed by atoms with Crippen LogP contribution in [0.15, 0.2) is 24.3 Å². The second-order valence-corrected chi connectivity index (χ2v) is 5.45. The van der Waals surface area contributed by atoms with Crippen LogP contribution >= 0.6 is 0 Å². The number of hydrogen-bond donors (Lipinski definition) is 1. The van der Waals surface area contributed by atoms with E-state index in [1.807, 2.05) is 12.1 Å². The van der Waals surface area contributed by atoms with Gasteiger partial charge >= 0.3 is 0 Å². The van der Waals surface area contributed by atoms with Crippen LogP contribution < -0.4 is 10.1 Å². The molecule has 1 atom stereocenters. The van der Waals surface area contributed by atoms with E-state index in [1.54, 1.807) is 7.11 Å². The van der Waals surface area contributed by atoms with E-state index in [0.29, 0.717) is 6.04 Å². The molecule has 2 aliphatic rings. The van der Waals surface area contributed by atoms with Crippen molar-refractivity contribution >= 4 is 5.69 Å². The molecule has 18 heavy (non-hydrogen) atoms. The van der Waals surface area contributed by atoms with E-state index < -0.39 is 0 Å². The smallest absolute Gasteiger partial charge is 0.119 e. The zero-order valence-corrected chi connectivity index (χ0v) is 10.9. The third-order valence-electron chi connectivity index (χ3n) is 4.22. The van der Waals surface area contributed by atoms with E-state index in [4.69, 9.17) is 9.47 Å². The summed E-state index contributed by atoms with van der Waals surface area (Å²) in [7, 11) is 1.70. The zero-order valence-electron chi connectivity index (χ0n) is 10.9. The van der Waals surface area contributed by atoms with E-state index >= 15 is 0 Å². The minimum Gasteiger partial charge on any atom is -0.497 e. The predicted molar refractivity (Wildman–Crippen MR) is 72.2 cm³/mol. The SMILES string of the molecule is COc1ccc(NC2CCOC3(CCC3)C2)cc1. The van der Waals surface area contributed by atoms with E-state index in [9.17, 15) is 0 Å². The summed E-state index contributed by atoms with van der Waals surface area (Å²) in [4.78, 5) is 0. The van der Waals surface area contributed by atoms with Crippen LogP contribution in [0.25, 0.3) is 0 Å². The molecular weight excluding hydrogens is 226 g/mol. The van der Waals surface area contributed by atoms with Gasteiger partial charge in [-0.1, -0.05) is 0 Å². The largest absolute Gasteiger partial charge is 0.497 e. The molecule has 3 rings (SSSR count). The third kappa shape index (κ3) is 2.32. The Morgan fingerprint density at radius 3 is 2.67 bits per heavy atom. The summed E-state index contributed by atoms with van der Waals surface area (Å²) >= 11 is 0. The Bertz CT molecular complexity index is 397. The number of nitrogens with one attached hydrogen (secondary N) is 1. The van der Waals surface area contributed by atoms with Crippen molar-refractivity contribution in [2.75, 3.05) is 19.0 Å². The second-order valence-electron chi connectivity index (χ2n) is 5.45. The number of benzene rings is 1. The maximum atomic E-state index is 5.95. The van der Waals surface area contributed by atoms with Crippen LogP contribution in [0.1, 0.15) is 32.1 Å². The van der Waals surface area contributed by atoms with E-state index in [1.165, 1.54) is 24.9 Å². The monoisotopic (exact) mass is 247 g/mol. The van der Waals surface area contributed by atoms with Crippen molar-refractivity contribution in [3.05, 3.63) is 24.3 Å². The Hall–Kier alpha value is -1.22. The average Bonchev–Trinajstić information content (AvgIpc) is 2.38. The molecule has 0 radical (unpaired) electrons. The molecule has 0 aromatic heterocycles. The highest BCUT2D eigenvalue weighted by atomic mass is 16.5. The third-order valence-corrected chi connectivity index (χ3v) is 4.22. The van der Waals surface area contributed by atoms with Gasteiger partial charge in [-0.25, -0.2) is 0 Å². The van der Waals surface area contributed by atoms with Gasteiger partial charge in [-0.3, -0.25) is 0 Å². The molecule has 1 unspecified atom stereocenters. The summed E-state index contributed by atoms with van der Waals surface area (Å²) in [6, 6.07) is 8.72. The minimum atomic E-state index is 0.211. The quantitative estimate of drug-likeness (QED) is 0.889. The molecule has 1 aromatic carbocycles. The van der Waals surface area contributed by atoms with Crippen molar-refractivity contribution in [2.45, 2.75) is 43.7 Å². The minimum absolute atomic E-state index is 0.211. The molecule has 1 heterocycles. The number of methoxy groups -OCH3 is 1. The molecular formula is C15H21NO2. The lowest BCUT2D eigenvalue weighted by Gasteiger charge is -2.47. The molecule has 1 aliphatic heterocycles. The number of hydrogen-bond acceptors (Lipinski definition) is 3. The molecule has 1 aliphatic carbocycles. The molecule has 1 N–H and O–H groups in total. The Morgan fingerprint density at radius 2 is 2.06 bits per heavy atom. The summed E-state index contributed by atoms with van der Waals surface area (Å²) in [5, 5.41) is 3.62. The van der Waals surface area contributed by atoms with Crippen molar-refractivity contribution in [3.8, 4) is 5.75 Å². The summed E-state index contributed by atoms with van der Waals surface area (Å²) in [6.45, 7) is 0.897. The maximum absolute atomic E-state index is 5.95. The summed E-state index contributed by atoms with van der Waals surface area (Å²) in [6.07, 6.45) is 6.07. The molecule has 0 bridgehead atoms. The first kappa shape index (κ1) is 11.8. The van der Waals surface area contributed by atoms with Crippen molar-refractivity contribution in [3.63, 3.8) is 0 Å². The average molecular weight is 247 g/mol. The van der Waals surface area contributed by atoms with Crippen molar-refractivity contribution in [1.29, 1.82) is 0 Å². The van der Waals surface area contributed by atoms with Gasteiger partial charge in [0.05, 0.1) is 12.7 Å². The first-order valence-corrected chi connectivity index (χ1v) is 6.84. The van der Waals surface area contributed by atoms with E-state index in [0.717, 1.165) is 25.2 Å². The molecule has 2 fully saturated rings. The topological polar surface area (TPSA) is 30.5 Å². The molecule has 1 spiro atoms. The van der Waals surface area contributed by atoms with Crippen LogP contribution in [0.5, 0.6) is 5.75 Å². The summed E-state index contributed by atoms with van der Waals surface area (Å²) < 4.78 is 11.1. The molecule has 1 aromatic rings. The summed E-state index contributed by atoms with van der Waals surface area (Å²) in [5.41, 5.74) is 1.39. The Morgan fingerprint density at radius 1 is 1.28 bits per heavy atom. The van der Waals surface area contributed by atoms with Gasteiger partial charge in [-0.15, -0.1) is 0 Å². The lowest BCUT2D eigenvalue weighted by atomic mass is 9.74. The van der Waals surface area contributed by atoms with Crippen molar-refractivity contribution in [1.82, 2.24) is 0 Å². The van der Waals surface area contributed by atoms with Gasteiger partial charge in [0, 0.05) is 18.3 Å². The lowest BCUT2D eigenvalue weighted by molar-refractivity contribution is -0.130. The van der Waals surface area contributed by atoms with Crippen molar-refractivity contribution < 1.29 is 9.47 Å². The van der Waals surface area contributed by atoms with Crippen LogP contribution in [-0.4, -0.2) is 25.4 Å². The lowest BCUT2D eigenvalue weighted by Crippen LogP contribution is -2.48. The Kier molecular flexibility index (Phi) is 3.16. The molecule has 3 heteroatoms. The maximum Gasteiger partial charge on any atom is 0.119 e. The van der Waals surface area contributed by atoms with Crippen LogP contribution in [0, 0.1) is 0 Å². The first-order chi connectivity index (χ1) is 8.80. The first-order valence-electron chi connectivity index (χ1n) is 6.84. The van der Waals surface area contributed by atoms with Crippen LogP contribution in [0.2, 0.25) is 0 Å². The highest BCUT2D eigenvalue weighted by molar-refractivity contribution is 5.47. The van der Waals surface area contributed by atoms with Gasteiger partial charge in [-0.2, -0.15) is 0 Å². The summed E-state index contributed by atoms with van der Waals surface area (Å²) in [5.74, 6) is 0.906. The fraction of sp³-hybridized carbons (Fsp3) is 0.600.